The maximum Gasteiger partial charge on any atom is 0.172 e. The van der Waals surface area contributed by atoms with E-state index in [1.54, 1.807) is 0 Å². The highest BCUT2D eigenvalue weighted by Gasteiger charge is 2.16. The number of rotatable bonds is 4. The lowest BCUT2D eigenvalue weighted by Gasteiger charge is -2.20. The normalized spacial score (nSPS) is 16.8. The fraction of sp³-hybridized carbons (Fsp3) is 0.562. The van der Waals surface area contributed by atoms with Gasteiger partial charge >= 0.3 is 0 Å². The van der Waals surface area contributed by atoms with Gasteiger partial charge in [-0.3, -0.25) is 4.79 Å². The van der Waals surface area contributed by atoms with Crippen LogP contribution < -0.4 is 0 Å². The van der Waals surface area contributed by atoms with Crippen molar-refractivity contribution in [2.45, 2.75) is 51.2 Å². The van der Waals surface area contributed by atoms with E-state index in [1.807, 2.05) is 30.0 Å². The van der Waals surface area contributed by atoms with Gasteiger partial charge < -0.3 is 0 Å². The average molecular weight is 262 g/mol. The number of ketones is 1. The van der Waals surface area contributed by atoms with Crippen LogP contribution in [0.2, 0.25) is 0 Å². The topological polar surface area (TPSA) is 17.1 Å². The van der Waals surface area contributed by atoms with Gasteiger partial charge in [0, 0.05) is 10.8 Å². The summed E-state index contributed by atoms with van der Waals surface area (Å²) in [5.41, 5.74) is 3.34. The maximum atomic E-state index is 12.1. The number of hydrogen-bond acceptors (Lipinski definition) is 2. The molecule has 1 fully saturated rings. The Balaban J connectivity index is 1.88. The molecule has 2 heteroatoms. The summed E-state index contributed by atoms with van der Waals surface area (Å²) in [5.74, 6) is 0.932. The van der Waals surface area contributed by atoms with Crippen molar-refractivity contribution in [3.63, 3.8) is 0 Å². The van der Waals surface area contributed by atoms with Crippen molar-refractivity contribution in [2.75, 3.05) is 5.75 Å². The molecule has 0 spiro atoms. The van der Waals surface area contributed by atoms with E-state index in [0.29, 0.717) is 11.0 Å². The van der Waals surface area contributed by atoms with Crippen molar-refractivity contribution in [2.24, 2.45) is 0 Å². The molecule has 1 nitrogen and oxygen atoms in total. The molecule has 98 valence electrons. The number of hydrogen-bond donors (Lipinski definition) is 0. The molecule has 0 heterocycles. The molecule has 1 aliphatic carbocycles. The molecule has 0 N–H and O–H groups in total. The van der Waals surface area contributed by atoms with Crippen LogP contribution in [0.25, 0.3) is 0 Å². The first kappa shape index (κ1) is 13.7. The zero-order valence-electron chi connectivity index (χ0n) is 11.4. The molecule has 1 aliphatic rings. The van der Waals surface area contributed by atoms with Gasteiger partial charge in [-0.2, -0.15) is 11.8 Å². The molecule has 0 radical (unpaired) electrons. The molecular formula is C16H22OS. The lowest BCUT2D eigenvalue weighted by Crippen LogP contribution is -2.12. The third-order valence-corrected chi connectivity index (χ3v) is 5.20. The molecule has 0 aromatic heterocycles. The number of Topliss-reactive ketones (excluding diaryl/α,β-unsaturated/α-hetero) is 1. The molecular weight excluding hydrogens is 240 g/mol. The Morgan fingerprint density at radius 3 is 2.56 bits per heavy atom. The van der Waals surface area contributed by atoms with Gasteiger partial charge in [0.1, 0.15) is 0 Å². The SMILES string of the molecule is Cc1ccc(C(=O)CSC2CCCCC2)cc1C. The van der Waals surface area contributed by atoms with Crippen molar-refractivity contribution in [1.82, 2.24) is 0 Å². The van der Waals surface area contributed by atoms with E-state index in [9.17, 15) is 4.79 Å². The van der Waals surface area contributed by atoms with E-state index in [-0.39, 0.29) is 5.78 Å². The molecule has 0 saturated heterocycles. The molecule has 1 aromatic carbocycles. The van der Waals surface area contributed by atoms with Gasteiger partial charge in [-0.15, -0.1) is 0 Å². The van der Waals surface area contributed by atoms with Crippen LogP contribution in [0.4, 0.5) is 0 Å². The third-order valence-electron chi connectivity index (χ3n) is 3.83. The Labute approximate surface area is 114 Å². The number of carbonyl (C=O) groups is 1. The number of benzene rings is 1. The molecule has 1 saturated carbocycles. The second-order valence-corrected chi connectivity index (χ2v) is 6.58. The van der Waals surface area contributed by atoms with E-state index < -0.39 is 0 Å². The first-order valence-electron chi connectivity index (χ1n) is 6.89. The van der Waals surface area contributed by atoms with Gasteiger partial charge in [0.25, 0.3) is 0 Å². The van der Waals surface area contributed by atoms with E-state index in [1.165, 1.54) is 43.2 Å². The van der Waals surface area contributed by atoms with E-state index in [4.69, 9.17) is 0 Å². The molecule has 0 bridgehead atoms. The van der Waals surface area contributed by atoms with Crippen molar-refractivity contribution in [3.05, 3.63) is 34.9 Å². The molecule has 18 heavy (non-hydrogen) atoms. The zero-order valence-corrected chi connectivity index (χ0v) is 12.2. The van der Waals surface area contributed by atoms with Crippen molar-refractivity contribution in [1.29, 1.82) is 0 Å². The highest BCUT2D eigenvalue weighted by Crippen LogP contribution is 2.28. The van der Waals surface area contributed by atoms with Gasteiger partial charge in [-0.05, 0) is 43.9 Å². The van der Waals surface area contributed by atoms with Gasteiger partial charge in [0.05, 0.1) is 5.75 Å². The average Bonchev–Trinajstić information content (AvgIpc) is 2.40. The smallest absolute Gasteiger partial charge is 0.172 e. The standard InChI is InChI=1S/C16H22OS/c1-12-8-9-14(10-13(12)2)16(17)11-18-15-6-4-3-5-7-15/h8-10,15H,3-7,11H2,1-2H3. The molecule has 2 rings (SSSR count). The van der Waals surface area contributed by atoms with Crippen molar-refractivity contribution >= 4 is 17.5 Å². The Morgan fingerprint density at radius 1 is 1.17 bits per heavy atom. The van der Waals surface area contributed by atoms with Gasteiger partial charge in [-0.25, -0.2) is 0 Å². The lowest BCUT2D eigenvalue weighted by molar-refractivity contribution is 0.102. The van der Waals surface area contributed by atoms with Gasteiger partial charge in [0.15, 0.2) is 5.78 Å². The Hall–Kier alpha value is -0.760. The second-order valence-electron chi connectivity index (χ2n) is 5.29. The fourth-order valence-electron chi connectivity index (χ4n) is 2.42. The zero-order chi connectivity index (χ0) is 13.0. The summed E-state index contributed by atoms with van der Waals surface area (Å²) >= 11 is 1.86. The monoisotopic (exact) mass is 262 g/mol. The fourth-order valence-corrected chi connectivity index (χ4v) is 3.64. The Bertz CT molecular complexity index is 419. The van der Waals surface area contributed by atoms with Crippen molar-refractivity contribution in [3.8, 4) is 0 Å². The number of carbonyl (C=O) groups excluding carboxylic acids is 1. The van der Waals surface area contributed by atoms with Crippen molar-refractivity contribution < 1.29 is 4.79 Å². The summed E-state index contributed by atoms with van der Waals surface area (Å²) in [6, 6.07) is 6.04. The predicted octanol–water partition coefficient (Wildman–Crippen LogP) is 4.55. The van der Waals surface area contributed by atoms with E-state index in [0.717, 1.165) is 5.56 Å². The second kappa shape index (κ2) is 6.42. The Kier molecular flexibility index (Phi) is 4.87. The van der Waals surface area contributed by atoms with Crippen LogP contribution in [0, 0.1) is 13.8 Å². The summed E-state index contributed by atoms with van der Waals surface area (Å²) in [4.78, 5) is 12.1. The van der Waals surface area contributed by atoms with E-state index >= 15 is 0 Å². The van der Waals surface area contributed by atoms with Crippen LogP contribution in [0.3, 0.4) is 0 Å². The summed E-state index contributed by atoms with van der Waals surface area (Å²) in [6.45, 7) is 4.15. The first-order valence-corrected chi connectivity index (χ1v) is 7.94. The molecule has 1 aromatic rings. The molecule has 0 unspecified atom stereocenters. The third kappa shape index (κ3) is 3.61. The quantitative estimate of drug-likeness (QED) is 0.740. The van der Waals surface area contributed by atoms with Crippen LogP contribution in [0.1, 0.15) is 53.6 Å². The summed E-state index contributed by atoms with van der Waals surface area (Å²) in [7, 11) is 0. The highest BCUT2D eigenvalue weighted by atomic mass is 32.2. The van der Waals surface area contributed by atoms with Gasteiger partial charge in [0.2, 0.25) is 0 Å². The van der Waals surface area contributed by atoms with E-state index in [2.05, 4.69) is 13.8 Å². The van der Waals surface area contributed by atoms with Crippen LogP contribution in [0.15, 0.2) is 18.2 Å². The Morgan fingerprint density at radius 2 is 1.89 bits per heavy atom. The molecule has 0 aliphatic heterocycles. The largest absolute Gasteiger partial charge is 0.293 e. The predicted molar refractivity (Wildman–Crippen MR) is 79.6 cm³/mol. The minimum absolute atomic E-state index is 0.286. The maximum absolute atomic E-state index is 12.1. The van der Waals surface area contributed by atoms with Gasteiger partial charge in [-0.1, -0.05) is 31.4 Å². The van der Waals surface area contributed by atoms with Crippen LogP contribution in [0.5, 0.6) is 0 Å². The van der Waals surface area contributed by atoms with Crippen LogP contribution >= 0.6 is 11.8 Å². The summed E-state index contributed by atoms with van der Waals surface area (Å²) < 4.78 is 0. The minimum atomic E-state index is 0.286. The molecule has 0 amide bonds. The number of aryl methyl sites for hydroxylation is 2. The minimum Gasteiger partial charge on any atom is -0.293 e. The summed E-state index contributed by atoms with van der Waals surface area (Å²) in [6.07, 6.45) is 6.66. The molecule has 0 atom stereocenters. The summed E-state index contributed by atoms with van der Waals surface area (Å²) in [5, 5.41) is 0.717. The lowest BCUT2D eigenvalue weighted by atomic mass is 10.0. The van der Waals surface area contributed by atoms with Crippen LogP contribution in [-0.2, 0) is 0 Å². The first-order chi connectivity index (χ1) is 8.66. The van der Waals surface area contributed by atoms with Crippen LogP contribution in [-0.4, -0.2) is 16.8 Å². The number of thioether (sulfide) groups is 1. The highest BCUT2D eigenvalue weighted by molar-refractivity contribution is 8.00.